The quantitative estimate of drug-likeness (QED) is 0.862. The van der Waals surface area contributed by atoms with E-state index in [0.717, 1.165) is 6.07 Å². The maximum absolute atomic E-state index is 13.7. The largest absolute Gasteiger partial charge is 0.497 e. The zero-order valence-electron chi connectivity index (χ0n) is 11.8. The Morgan fingerprint density at radius 2 is 1.86 bits per heavy atom. The van der Waals surface area contributed by atoms with Crippen LogP contribution in [-0.2, 0) is 9.53 Å². The highest BCUT2D eigenvalue weighted by molar-refractivity contribution is 5.95. The van der Waals surface area contributed by atoms with Crippen molar-refractivity contribution in [3.8, 4) is 5.75 Å². The Balaban J connectivity index is 1.91. The normalized spacial score (nSPS) is 9.91. The van der Waals surface area contributed by atoms with Crippen LogP contribution in [0.15, 0.2) is 48.5 Å². The van der Waals surface area contributed by atoms with Gasteiger partial charge >= 0.3 is 5.97 Å². The molecule has 0 aromatic heterocycles. The zero-order valence-corrected chi connectivity index (χ0v) is 11.8. The molecule has 5 nitrogen and oxygen atoms in total. The summed E-state index contributed by atoms with van der Waals surface area (Å²) < 4.78 is 23.3. The average Bonchev–Trinajstić information content (AvgIpc) is 2.53. The Morgan fingerprint density at radius 1 is 1.14 bits per heavy atom. The van der Waals surface area contributed by atoms with E-state index in [1.807, 2.05) is 6.07 Å². The Morgan fingerprint density at radius 3 is 2.50 bits per heavy atom. The molecule has 0 fully saturated rings. The number of para-hydroxylation sites is 1. The first-order valence-corrected chi connectivity index (χ1v) is 6.45. The van der Waals surface area contributed by atoms with Crippen molar-refractivity contribution in [3.63, 3.8) is 0 Å². The molecule has 0 saturated heterocycles. The van der Waals surface area contributed by atoms with E-state index >= 15 is 0 Å². The van der Waals surface area contributed by atoms with Crippen LogP contribution in [-0.4, -0.2) is 25.6 Å². The smallest absolute Gasteiger partial charge is 0.341 e. The first-order chi connectivity index (χ1) is 10.6. The summed E-state index contributed by atoms with van der Waals surface area (Å²) in [5.41, 5.74) is 0.326. The highest BCUT2D eigenvalue weighted by Gasteiger charge is 2.15. The van der Waals surface area contributed by atoms with E-state index in [0.29, 0.717) is 5.69 Å². The summed E-state index contributed by atoms with van der Waals surface area (Å²) in [5, 5.41) is 2.55. The van der Waals surface area contributed by atoms with Crippen LogP contribution in [0.4, 0.5) is 10.1 Å². The molecule has 0 heterocycles. The molecule has 0 atom stereocenters. The van der Waals surface area contributed by atoms with Gasteiger partial charge in [-0.25, -0.2) is 9.18 Å². The molecule has 2 rings (SSSR count). The van der Waals surface area contributed by atoms with Gasteiger partial charge in [0.05, 0.1) is 12.7 Å². The lowest BCUT2D eigenvalue weighted by atomic mass is 10.2. The summed E-state index contributed by atoms with van der Waals surface area (Å²) >= 11 is 0. The van der Waals surface area contributed by atoms with E-state index in [4.69, 9.17) is 9.47 Å². The number of nitrogens with one attached hydrogen (secondary N) is 1. The fraction of sp³-hybridized carbons (Fsp3) is 0.125. The molecule has 0 radical (unpaired) electrons. The van der Waals surface area contributed by atoms with Crippen molar-refractivity contribution in [2.24, 2.45) is 0 Å². The fourth-order valence-corrected chi connectivity index (χ4v) is 1.72. The van der Waals surface area contributed by atoms with Gasteiger partial charge in [-0.1, -0.05) is 18.2 Å². The van der Waals surface area contributed by atoms with Crippen LogP contribution in [0.5, 0.6) is 5.75 Å². The maximum atomic E-state index is 13.7. The van der Waals surface area contributed by atoms with Crippen molar-refractivity contribution >= 4 is 17.6 Å². The minimum atomic E-state index is -0.914. The van der Waals surface area contributed by atoms with Crippen LogP contribution in [0.1, 0.15) is 10.4 Å². The molecule has 22 heavy (non-hydrogen) atoms. The third kappa shape index (κ3) is 4.05. The maximum Gasteiger partial charge on any atom is 0.341 e. The van der Waals surface area contributed by atoms with Gasteiger partial charge in [-0.3, -0.25) is 4.79 Å². The summed E-state index contributed by atoms with van der Waals surface area (Å²) in [7, 11) is 1.39. The Kier molecular flexibility index (Phi) is 5.08. The van der Waals surface area contributed by atoms with Gasteiger partial charge in [0.1, 0.15) is 11.6 Å². The van der Waals surface area contributed by atoms with Crippen molar-refractivity contribution < 1.29 is 23.5 Å². The highest BCUT2D eigenvalue weighted by Crippen LogP contribution is 2.17. The number of ether oxygens (including phenoxy) is 2. The molecule has 0 aliphatic heterocycles. The minimum absolute atomic E-state index is 0.256. The number of esters is 1. The van der Waals surface area contributed by atoms with Crippen LogP contribution in [0.2, 0.25) is 0 Å². The van der Waals surface area contributed by atoms with Gasteiger partial charge in [0.2, 0.25) is 0 Å². The highest BCUT2D eigenvalue weighted by atomic mass is 19.1. The second-order valence-electron chi connectivity index (χ2n) is 4.34. The lowest BCUT2D eigenvalue weighted by Gasteiger charge is -2.07. The topological polar surface area (TPSA) is 64.6 Å². The van der Waals surface area contributed by atoms with Gasteiger partial charge in [0.15, 0.2) is 6.61 Å². The fourth-order valence-electron chi connectivity index (χ4n) is 1.72. The van der Waals surface area contributed by atoms with Crippen LogP contribution >= 0.6 is 0 Å². The van der Waals surface area contributed by atoms with Crippen LogP contribution in [0.25, 0.3) is 0 Å². The lowest BCUT2D eigenvalue weighted by Crippen LogP contribution is -2.21. The number of anilines is 1. The van der Waals surface area contributed by atoms with Crippen LogP contribution < -0.4 is 10.1 Å². The lowest BCUT2D eigenvalue weighted by molar-refractivity contribution is -0.119. The minimum Gasteiger partial charge on any atom is -0.497 e. The van der Waals surface area contributed by atoms with Crippen molar-refractivity contribution in [1.29, 1.82) is 0 Å². The first-order valence-electron chi connectivity index (χ1n) is 6.45. The summed E-state index contributed by atoms with van der Waals surface area (Å²) in [6, 6.07) is 12.5. The molecule has 2 aromatic rings. The van der Waals surface area contributed by atoms with E-state index in [9.17, 15) is 14.0 Å². The number of methoxy groups -OCH3 is 1. The molecule has 0 aliphatic rings. The number of benzene rings is 2. The number of hydrogen-bond acceptors (Lipinski definition) is 4. The molecule has 114 valence electrons. The summed E-state index contributed by atoms with van der Waals surface area (Å²) in [6.07, 6.45) is 0. The Bertz CT molecular complexity index is 673. The van der Waals surface area contributed by atoms with Gasteiger partial charge in [-0.15, -0.1) is 0 Å². The van der Waals surface area contributed by atoms with Crippen molar-refractivity contribution in [2.45, 2.75) is 0 Å². The van der Waals surface area contributed by atoms with E-state index < -0.39 is 24.3 Å². The molecule has 6 heteroatoms. The van der Waals surface area contributed by atoms with Gasteiger partial charge in [0.25, 0.3) is 5.91 Å². The predicted octanol–water partition coefficient (Wildman–Crippen LogP) is 2.63. The molecule has 2 aromatic carbocycles. The van der Waals surface area contributed by atoms with Gasteiger partial charge in [-0.05, 0) is 24.3 Å². The standard InChI is InChI=1S/C16H14FNO4/c1-21-12-7-8-13(14(17)9-12)16(20)22-10-15(19)18-11-5-3-2-4-6-11/h2-9H,10H2,1H3,(H,18,19). The van der Waals surface area contributed by atoms with E-state index in [-0.39, 0.29) is 11.3 Å². The SMILES string of the molecule is COc1ccc(C(=O)OCC(=O)Nc2ccccc2)c(F)c1. The number of carbonyl (C=O) groups is 2. The van der Waals surface area contributed by atoms with Crippen LogP contribution in [0.3, 0.4) is 0 Å². The Labute approximate surface area is 126 Å². The second kappa shape index (κ2) is 7.21. The van der Waals surface area contributed by atoms with Crippen molar-refractivity contribution in [1.82, 2.24) is 0 Å². The summed E-state index contributed by atoms with van der Waals surface area (Å²) in [6.45, 7) is -0.501. The Hall–Kier alpha value is -2.89. The molecule has 0 aliphatic carbocycles. The third-order valence-corrected chi connectivity index (χ3v) is 2.79. The zero-order chi connectivity index (χ0) is 15.9. The van der Waals surface area contributed by atoms with E-state index in [1.54, 1.807) is 24.3 Å². The molecule has 0 bridgehead atoms. The number of carbonyl (C=O) groups excluding carboxylic acids is 2. The number of amides is 1. The number of halogens is 1. The second-order valence-corrected chi connectivity index (χ2v) is 4.34. The molecule has 0 unspecified atom stereocenters. The van der Waals surface area contributed by atoms with Crippen molar-refractivity contribution in [2.75, 3.05) is 19.0 Å². The summed E-state index contributed by atoms with van der Waals surface area (Å²) in [4.78, 5) is 23.4. The number of hydrogen-bond donors (Lipinski definition) is 1. The third-order valence-electron chi connectivity index (χ3n) is 2.79. The van der Waals surface area contributed by atoms with E-state index in [2.05, 4.69) is 5.32 Å². The average molecular weight is 303 g/mol. The monoisotopic (exact) mass is 303 g/mol. The van der Waals surface area contributed by atoms with Gasteiger partial charge in [0, 0.05) is 11.8 Å². The van der Waals surface area contributed by atoms with Crippen molar-refractivity contribution in [3.05, 3.63) is 59.9 Å². The van der Waals surface area contributed by atoms with E-state index in [1.165, 1.54) is 19.2 Å². The molecule has 0 spiro atoms. The molecular formula is C16H14FNO4. The van der Waals surface area contributed by atoms with Gasteiger partial charge < -0.3 is 14.8 Å². The predicted molar refractivity (Wildman–Crippen MR) is 78.3 cm³/mol. The molecular weight excluding hydrogens is 289 g/mol. The first kappa shape index (κ1) is 15.5. The molecule has 1 N–H and O–H groups in total. The summed E-state index contributed by atoms with van der Waals surface area (Å²) in [5.74, 6) is -1.90. The molecule has 0 saturated carbocycles. The van der Waals surface area contributed by atoms with Gasteiger partial charge in [-0.2, -0.15) is 0 Å². The number of rotatable bonds is 5. The molecule has 1 amide bonds. The van der Waals surface area contributed by atoms with Crippen LogP contribution in [0, 0.1) is 5.82 Å².